The molecule has 0 saturated heterocycles. The second-order valence-corrected chi connectivity index (χ2v) is 10.4. The van der Waals surface area contributed by atoms with Gasteiger partial charge < -0.3 is 9.80 Å². The van der Waals surface area contributed by atoms with Gasteiger partial charge in [-0.15, -0.1) is 0 Å². The number of rotatable bonds is 24. The van der Waals surface area contributed by atoms with Crippen molar-refractivity contribution in [2.75, 3.05) is 13.1 Å². The zero-order valence-corrected chi connectivity index (χ0v) is 22.6. The molecule has 0 aromatic rings. The lowest BCUT2D eigenvalue weighted by atomic mass is 10.1. The van der Waals surface area contributed by atoms with E-state index in [4.69, 9.17) is 0 Å². The van der Waals surface area contributed by atoms with Gasteiger partial charge in [0.15, 0.2) is 0 Å². The summed E-state index contributed by atoms with van der Waals surface area (Å²) in [7, 11) is 0. The summed E-state index contributed by atoms with van der Waals surface area (Å²) in [6.45, 7) is 9.46. The third-order valence-corrected chi connectivity index (χ3v) is 7.32. The standard InChI is InChI=1S/C30H60N2/c1-4-7-10-12-14-15-16-17-18-19-21-24-27-32-29-28-31(30(32)25-22-9-6-3)26-23-20-13-11-8-5-2/h28-30H,4-27H2,1-3H3. The van der Waals surface area contributed by atoms with Crippen molar-refractivity contribution in [3.05, 3.63) is 12.4 Å². The first-order valence-electron chi connectivity index (χ1n) is 15.0. The van der Waals surface area contributed by atoms with Crippen LogP contribution in [0, 0.1) is 0 Å². The van der Waals surface area contributed by atoms with Crippen LogP contribution in [0.3, 0.4) is 0 Å². The maximum Gasteiger partial charge on any atom is 0.101 e. The summed E-state index contributed by atoms with van der Waals surface area (Å²) in [6, 6.07) is 0. The van der Waals surface area contributed by atoms with Gasteiger partial charge in [-0.3, -0.25) is 0 Å². The highest BCUT2D eigenvalue weighted by atomic mass is 15.4. The molecule has 1 rings (SSSR count). The van der Waals surface area contributed by atoms with Gasteiger partial charge in [-0.1, -0.05) is 136 Å². The maximum absolute atomic E-state index is 2.67. The smallest absolute Gasteiger partial charge is 0.101 e. The monoisotopic (exact) mass is 448 g/mol. The predicted molar refractivity (Wildman–Crippen MR) is 145 cm³/mol. The predicted octanol–water partition coefficient (Wildman–Crippen LogP) is 10.0. The van der Waals surface area contributed by atoms with Crippen molar-refractivity contribution in [3.8, 4) is 0 Å². The third kappa shape index (κ3) is 15.2. The summed E-state index contributed by atoms with van der Waals surface area (Å²) in [6.07, 6.45) is 36.5. The Balaban J connectivity index is 2.12. The molecule has 190 valence electrons. The van der Waals surface area contributed by atoms with Gasteiger partial charge in [-0.25, -0.2) is 0 Å². The van der Waals surface area contributed by atoms with E-state index in [0.717, 1.165) is 0 Å². The lowest BCUT2D eigenvalue weighted by molar-refractivity contribution is 0.135. The van der Waals surface area contributed by atoms with E-state index >= 15 is 0 Å². The number of nitrogens with zero attached hydrogens (tertiary/aromatic N) is 2. The molecule has 32 heavy (non-hydrogen) atoms. The molecule has 2 heteroatoms. The normalized spacial score (nSPS) is 15.9. The van der Waals surface area contributed by atoms with E-state index in [1.165, 1.54) is 154 Å². The molecule has 1 atom stereocenters. The molecule has 2 nitrogen and oxygen atoms in total. The molecule has 1 aliphatic heterocycles. The minimum absolute atomic E-state index is 0.643. The highest BCUT2D eigenvalue weighted by molar-refractivity contribution is 4.96. The summed E-state index contributed by atoms with van der Waals surface area (Å²) < 4.78 is 0. The van der Waals surface area contributed by atoms with Crippen LogP contribution in [0.15, 0.2) is 12.4 Å². The van der Waals surface area contributed by atoms with Crippen molar-refractivity contribution in [3.63, 3.8) is 0 Å². The lowest BCUT2D eigenvalue weighted by Gasteiger charge is -2.33. The van der Waals surface area contributed by atoms with Crippen LogP contribution >= 0.6 is 0 Å². The van der Waals surface area contributed by atoms with Crippen molar-refractivity contribution in [1.29, 1.82) is 0 Å². The second-order valence-electron chi connectivity index (χ2n) is 10.4. The van der Waals surface area contributed by atoms with E-state index in [9.17, 15) is 0 Å². The molecular weight excluding hydrogens is 388 g/mol. The maximum atomic E-state index is 2.67. The summed E-state index contributed by atoms with van der Waals surface area (Å²) in [4.78, 5) is 5.33. The quantitative estimate of drug-likeness (QED) is 0.135. The van der Waals surface area contributed by atoms with E-state index in [-0.39, 0.29) is 0 Å². The first-order chi connectivity index (χ1) is 15.8. The molecule has 0 amide bonds. The fourth-order valence-electron chi connectivity index (χ4n) is 5.13. The zero-order valence-electron chi connectivity index (χ0n) is 22.6. The van der Waals surface area contributed by atoms with Crippen LogP contribution in [0.5, 0.6) is 0 Å². The summed E-state index contributed by atoms with van der Waals surface area (Å²) in [5.74, 6) is 0. The number of unbranched alkanes of at least 4 members (excludes halogenated alkanes) is 18. The molecule has 1 unspecified atom stereocenters. The zero-order chi connectivity index (χ0) is 23.1. The lowest BCUT2D eigenvalue weighted by Crippen LogP contribution is -2.39. The second kappa shape index (κ2) is 22.1. The molecule has 1 aliphatic rings. The van der Waals surface area contributed by atoms with Gasteiger partial charge in [0.25, 0.3) is 0 Å². The van der Waals surface area contributed by atoms with Gasteiger partial charge in [-0.2, -0.15) is 0 Å². The van der Waals surface area contributed by atoms with Gasteiger partial charge in [0.1, 0.15) is 6.17 Å². The highest BCUT2D eigenvalue weighted by Crippen LogP contribution is 2.23. The van der Waals surface area contributed by atoms with Gasteiger partial charge >= 0.3 is 0 Å². The largest absolute Gasteiger partial charge is 0.356 e. The third-order valence-electron chi connectivity index (χ3n) is 7.32. The molecule has 0 aromatic heterocycles. The Bertz CT molecular complexity index is 406. The molecule has 0 N–H and O–H groups in total. The van der Waals surface area contributed by atoms with E-state index in [2.05, 4.69) is 43.0 Å². The van der Waals surface area contributed by atoms with Crippen LogP contribution in [-0.2, 0) is 0 Å². The van der Waals surface area contributed by atoms with Crippen molar-refractivity contribution in [2.24, 2.45) is 0 Å². The molecule has 0 saturated carbocycles. The summed E-state index contributed by atoms with van der Waals surface area (Å²) in [5, 5.41) is 0. The van der Waals surface area contributed by atoms with Gasteiger partial charge in [0.2, 0.25) is 0 Å². The molecule has 0 bridgehead atoms. The first kappa shape index (κ1) is 29.4. The SMILES string of the molecule is CCCCCCCCCCCCCCN1C=CN(CCCCCCCC)C1CCCCC. The van der Waals surface area contributed by atoms with Crippen molar-refractivity contribution >= 4 is 0 Å². The Kier molecular flexibility index (Phi) is 20.3. The molecule has 0 radical (unpaired) electrons. The Morgan fingerprint density at radius 2 is 0.719 bits per heavy atom. The van der Waals surface area contributed by atoms with Gasteiger partial charge in [-0.05, 0) is 25.7 Å². The van der Waals surface area contributed by atoms with Crippen molar-refractivity contribution in [2.45, 2.75) is 168 Å². The van der Waals surface area contributed by atoms with Crippen molar-refractivity contribution in [1.82, 2.24) is 9.80 Å². The first-order valence-corrected chi connectivity index (χ1v) is 15.0. The fraction of sp³-hybridized carbons (Fsp3) is 0.933. The molecule has 0 aromatic carbocycles. The van der Waals surface area contributed by atoms with E-state index in [1.54, 1.807) is 0 Å². The van der Waals surface area contributed by atoms with E-state index in [0.29, 0.717) is 6.17 Å². The molecule has 0 spiro atoms. The molecule has 0 aliphatic carbocycles. The topological polar surface area (TPSA) is 6.48 Å². The van der Waals surface area contributed by atoms with Crippen molar-refractivity contribution < 1.29 is 0 Å². The minimum atomic E-state index is 0.643. The van der Waals surface area contributed by atoms with Crippen LogP contribution in [-0.4, -0.2) is 29.1 Å². The Morgan fingerprint density at radius 3 is 1.09 bits per heavy atom. The van der Waals surface area contributed by atoms with E-state index < -0.39 is 0 Å². The minimum Gasteiger partial charge on any atom is -0.356 e. The molecule has 0 fully saturated rings. The van der Waals surface area contributed by atoms with Crippen LogP contribution in [0.4, 0.5) is 0 Å². The number of hydrogen-bond donors (Lipinski definition) is 0. The number of hydrogen-bond acceptors (Lipinski definition) is 2. The highest BCUT2D eigenvalue weighted by Gasteiger charge is 2.24. The molecule has 1 heterocycles. The average molecular weight is 449 g/mol. The van der Waals surface area contributed by atoms with Crippen LogP contribution in [0.25, 0.3) is 0 Å². The van der Waals surface area contributed by atoms with E-state index in [1.807, 2.05) is 0 Å². The van der Waals surface area contributed by atoms with Crippen LogP contribution in [0.1, 0.15) is 162 Å². The summed E-state index contributed by atoms with van der Waals surface area (Å²) >= 11 is 0. The van der Waals surface area contributed by atoms with Crippen LogP contribution < -0.4 is 0 Å². The summed E-state index contributed by atoms with van der Waals surface area (Å²) in [5.41, 5.74) is 0. The Labute approximate surface area is 203 Å². The Hall–Kier alpha value is -0.660. The van der Waals surface area contributed by atoms with Gasteiger partial charge in [0.05, 0.1) is 0 Å². The average Bonchev–Trinajstić information content (AvgIpc) is 3.18. The fourth-order valence-corrected chi connectivity index (χ4v) is 5.13. The van der Waals surface area contributed by atoms with Crippen LogP contribution in [0.2, 0.25) is 0 Å². The molecular formula is C30H60N2. The Morgan fingerprint density at radius 1 is 0.406 bits per heavy atom. The van der Waals surface area contributed by atoms with Gasteiger partial charge in [0, 0.05) is 25.5 Å².